The number of fused-ring (bicyclic) bond motifs is 6. The molecule has 1 heterocycles. The Labute approximate surface area is 372 Å². The van der Waals surface area contributed by atoms with E-state index in [2.05, 4.69) is 254 Å². The summed E-state index contributed by atoms with van der Waals surface area (Å²) in [6, 6.07) is 91.5. The van der Waals surface area contributed by atoms with E-state index in [0.717, 1.165) is 17.1 Å². The molecule has 296 valence electrons. The number of hydrogen-bond acceptors (Lipinski definition) is 2. The van der Waals surface area contributed by atoms with E-state index < -0.39 is 5.41 Å². The molecule has 10 aromatic carbocycles. The van der Waals surface area contributed by atoms with Crippen LogP contribution in [0.3, 0.4) is 0 Å². The van der Waals surface area contributed by atoms with Crippen LogP contribution in [-0.2, 0) is 5.41 Å². The molecule has 63 heavy (non-hydrogen) atoms. The van der Waals surface area contributed by atoms with Gasteiger partial charge in [0.05, 0.1) is 5.41 Å². The number of anilines is 3. The number of rotatable bonds is 8. The third-order valence-electron chi connectivity index (χ3n) is 13.0. The van der Waals surface area contributed by atoms with Gasteiger partial charge < -0.3 is 4.90 Å². The number of thiophene rings is 1. The van der Waals surface area contributed by atoms with Crippen LogP contribution in [0.1, 0.15) is 22.3 Å². The summed E-state index contributed by atoms with van der Waals surface area (Å²) in [7, 11) is 0. The van der Waals surface area contributed by atoms with Crippen molar-refractivity contribution in [1.29, 1.82) is 0 Å². The maximum Gasteiger partial charge on any atom is 0.0713 e. The van der Waals surface area contributed by atoms with E-state index in [-0.39, 0.29) is 0 Å². The molecule has 0 amide bonds. The van der Waals surface area contributed by atoms with Gasteiger partial charge in [-0.1, -0.05) is 194 Å². The molecule has 11 aromatic rings. The van der Waals surface area contributed by atoms with E-state index in [1.165, 1.54) is 86.9 Å². The van der Waals surface area contributed by atoms with Gasteiger partial charge in [-0.3, -0.25) is 0 Å². The largest absolute Gasteiger partial charge is 0.310 e. The smallest absolute Gasteiger partial charge is 0.0713 e. The fourth-order valence-corrected chi connectivity index (χ4v) is 11.1. The van der Waals surface area contributed by atoms with Crippen LogP contribution in [0.4, 0.5) is 17.1 Å². The molecule has 1 nitrogen and oxygen atoms in total. The Kier molecular flexibility index (Phi) is 8.98. The molecule has 0 spiro atoms. The normalized spacial score (nSPS) is 12.6. The zero-order valence-corrected chi connectivity index (χ0v) is 35.3. The van der Waals surface area contributed by atoms with Gasteiger partial charge in [0.25, 0.3) is 0 Å². The topological polar surface area (TPSA) is 3.24 Å². The lowest BCUT2D eigenvalue weighted by molar-refractivity contribution is 0.768. The molecule has 2 heteroatoms. The van der Waals surface area contributed by atoms with Crippen LogP contribution in [0.2, 0.25) is 0 Å². The molecule has 0 atom stereocenters. The monoisotopic (exact) mass is 819 g/mol. The van der Waals surface area contributed by atoms with Crippen LogP contribution in [0.5, 0.6) is 0 Å². The van der Waals surface area contributed by atoms with Gasteiger partial charge in [0.1, 0.15) is 0 Å². The summed E-state index contributed by atoms with van der Waals surface area (Å²) in [5.74, 6) is 0. The Hall–Kier alpha value is -7.78. The SMILES string of the molecule is c1ccc(-c2ccc(-c3ccc(N(c4ccc(C5(c6ccccc6)c6ccccc6-c6ccccc65)cc4)c4cccc(-c5ccc6sc7ccccc7c6c5)c4)cc3)cc2)cc1. The van der Waals surface area contributed by atoms with Crippen molar-refractivity contribution in [3.63, 3.8) is 0 Å². The molecule has 0 radical (unpaired) electrons. The Morgan fingerprint density at radius 3 is 1.41 bits per heavy atom. The Balaban J connectivity index is 0.980. The van der Waals surface area contributed by atoms with Crippen molar-refractivity contribution in [2.24, 2.45) is 0 Å². The molecular weight excluding hydrogens is 779 g/mol. The number of hydrogen-bond donors (Lipinski definition) is 0. The van der Waals surface area contributed by atoms with Crippen molar-refractivity contribution in [3.8, 4) is 44.5 Å². The third kappa shape index (κ3) is 6.22. The quantitative estimate of drug-likeness (QED) is 0.148. The summed E-state index contributed by atoms with van der Waals surface area (Å²) >= 11 is 1.86. The van der Waals surface area contributed by atoms with Crippen molar-refractivity contribution < 1.29 is 0 Å². The minimum Gasteiger partial charge on any atom is -0.310 e. The minimum atomic E-state index is -0.458. The van der Waals surface area contributed by atoms with E-state index in [0.29, 0.717) is 0 Å². The molecule has 0 aliphatic heterocycles. The lowest BCUT2D eigenvalue weighted by Crippen LogP contribution is -2.28. The van der Waals surface area contributed by atoms with Crippen molar-refractivity contribution in [3.05, 3.63) is 271 Å². The first-order chi connectivity index (χ1) is 31.2. The second-order valence-electron chi connectivity index (χ2n) is 16.4. The van der Waals surface area contributed by atoms with E-state index in [1.54, 1.807) is 0 Å². The van der Waals surface area contributed by atoms with Crippen LogP contribution in [0, 0.1) is 0 Å². The Morgan fingerprint density at radius 1 is 0.286 bits per heavy atom. The van der Waals surface area contributed by atoms with Crippen molar-refractivity contribution in [2.75, 3.05) is 4.90 Å². The lowest BCUT2D eigenvalue weighted by Gasteiger charge is -2.34. The van der Waals surface area contributed by atoms with Gasteiger partial charge in [-0.05, 0) is 121 Å². The number of benzene rings is 10. The molecule has 12 rings (SSSR count). The van der Waals surface area contributed by atoms with Crippen LogP contribution in [-0.4, -0.2) is 0 Å². The van der Waals surface area contributed by atoms with Crippen molar-refractivity contribution in [2.45, 2.75) is 5.41 Å². The molecular formula is C61H41NS. The Bertz CT molecular complexity index is 3370. The van der Waals surface area contributed by atoms with Crippen molar-refractivity contribution in [1.82, 2.24) is 0 Å². The number of nitrogens with zero attached hydrogens (tertiary/aromatic N) is 1. The first-order valence-corrected chi connectivity index (χ1v) is 22.5. The summed E-state index contributed by atoms with van der Waals surface area (Å²) in [6.45, 7) is 0. The van der Waals surface area contributed by atoms with Crippen molar-refractivity contribution >= 4 is 48.6 Å². The van der Waals surface area contributed by atoms with Gasteiger partial charge >= 0.3 is 0 Å². The molecule has 1 aromatic heterocycles. The summed E-state index contributed by atoms with van der Waals surface area (Å²) < 4.78 is 2.63. The van der Waals surface area contributed by atoms with Crippen LogP contribution in [0.15, 0.2) is 249 Å². The predicted molar refractivity (Wildman–Crippen MR) is 268 cm³/mol. The molecule has 1 aliphatic rings. The van der Waals surface area contributed by atoms with Gasteiger partial charge in [0, 0.05) is 37.2 Å². The standard InChI is InChI=1S/C61H41NS/c1-3-14-42(15-4-1)43-26-28-44(29-27-43)45-30-35-50(36-31-45)62(52-19-13-16-46(40-52)47-32-39-60-56(41-47)55-22-9-12-25-59(55)63-60)51-37-33-49(34-38-51)61(48-17-5-2-6-18-48)57-23-10-7-20-53(57)54-21-8-11-24-58(54)61/h1-41H. The van der Waals surface area contributed by atoms with Gasteiger partial charge in [-0.15, -0.1) is 11.3 Å². The molecule has 0 N–H and O–H groups in total. The lowest BCUT2D eigenvalue weighted by atomic mass is 9.68. The zero-order valence-electron chi connectivity index (χ0n) is 34.5. The predicted octanol–water partition coefficient (Wildman–Crippen LogP) is 16.9. The highest BCUT2D eigenvalue weighted by Gasteiger charge is 2.45. The molecule has 0 saturated carbocycles. The fourth-order valence-electron chi connectivity index (χ4n) is 10.0. The summed E-state index contributed by atoms with van der Waals surface area (Å²) in [5, 5.41) is 2.62. The van der Waals surface area contributed by atoms with Crippen LogP contribution >= 0.6 is 11.3 Å². The Morgan fingerprint density at radius 2 is 0.746 bits per heavy atom. The van der Waals surface area contributed by atoms with E-state index in [1.807, 2.05) is 11.3 Å². The first-order valence-electron chi connectivity index (χ1n) is 21.7. The molecule has 0 fully saturated rings. The van der Waals surface area contributed by atoms with E-state index in [4.69, 9.17) is 0 Å². The molecule has 0 bridgehead atoms. The summed E-state index contributed by atoms with van der Waals surface area (Å²) in [5.41, 5.74) is 17.8. The van der Waals surface area contributed by atoms with Gasteiger partial charge in [0.15, 0.2) is 0 Å². The highest BCUT2D eigenvalue weighted by molar-refractivity contribution is 7.25. The van der Waals surface area contributed by atoms with Gasteiger partial charge in [-0.2, -0.15) is 0 Å². The fraction of sp³-hybridized carbons (Fsp3) is 0.0164. The second-order valence-corrected chi connectivity index (χ2v) is 17.5. The third-order valence-corrected chi connectivity index (χ3v) is 14.1. The molecule has 1 aliphatic carbocycles. The highest BCUT2D eigenvalue weighted by atomic mass is 32.1. The zero-order chi connectivity index (χ0) is 41.7. The maximum absolute atomic E-state index is 2.40. The van der Waals surface area contributed by atoms with E-state index >= 15 is 0 Å². The second kappa shape index (κ2) is 15.3. The average Bonchev–Trinajstić information content (AvgIpc) is 3.89. The molecule has 0 unspecified atom stereocenters. The minimum absolute atomic E-state index is 0.458. The first kappa shape index (κ1) is 37.0. The van der Waals surface area contributed by atoms with Crippen LogP contribution < -0.4 is 4.90 Å². The summed E-state index contributed by atoms with van der Waals surface area (Å²) in [6.07, 6.45) is 0. The van der Waals surface area contributed by atoms with Gasteiger partial charge in [-0.25, -0.2) is 0 Å². The van der Waals surface area contributed by atoms with Crippen LogP contribution in [0.25, 0.3) is 64.7 Å². The average molecular weight is 820 g/mol. The highest BCUT2D eigenvalue weighted by Crippen LogP contribution is 2.56. The summed E-state index contributed by atoms with van der Waals surface area (Å²) in [4.78, 5) is 2.40. The van der Waals surface area contributed by atoms with E-state index in [9.17, 15) is 0 Å². The maximum atomic E-state index is 2.40. The molecule has 0 saturated heterocycles. The van der Waals surface area contributed by atoms with Gasteiger partial charge in [0.2, 0.25) is 0 Å².